The van der Waals surface area contributed by atoms with Crippen LogP contribution in [0.25, 0.3) is 0 Å². The van der Waals surface area contributed by atoms with Crippen molar-refractivity contribution in [2.24, 2.45) is 0 Å². The Morgan fingerprint density at radius 3 is 2.56 bits per heavy atom. The highest BCUT2D eigenvalue weighted by molar-refractivity contribution is 7.13. The SMILES string of the molecule is CNC(c1cc(C)c(C)s1)c1sccc1Cl. The average Bonchev–Trinajstić information content (AvgIpc) is 2.78. The fraction of sp³-hybridized carbons (Fsp3) is 0.333. The topological polar surface area (TPSA) is 12.0 Å². The third kappa shape index (κ3) is 2.18. The zero-order valence-electron chi connectivity index (χ0n) is 9.50. The van der Waals surface area contributed by atoms with E-state index in [9.17, 15) is 0 Å². The van der Waals surface area contributed by atoms with Crippen molar-refractivity contribution < 1.29 is 0 Å². The molecule has 1 atom stereocenters. The first kappa shape index (κ1) is 12.1. The zero-order chi connectivity index (χ0) is 11.7. The van der Waals surface area contributed by atoms with Crippen molar-refractivity contribution in [1.29, 1.82) is 0 Å². The van der Waals surface area contributed by atoms with Crippen LogP contribution in [0.1, 0.15) is 26.2 Å². The van der Waals surface area contributed by atoms with E-state index in [0.29, 0.717) is 0 Å². The third-order valence-corrected chi connectivity index (χ3v) is 5.31. The van der Waals surface area contributed by atoms with Crippen LogP contribution < -0.4 is 5.32 Å². The molecule has 0 aliphatic rings. The molecule has 86 valence electrons. The lowest BCUT2D eigenvalue weighted by Gasteiger charge is -2.13. The molecule has 1 nitrogen and oxygen atoms in total. The van der Waals surface area contributed by atoms with Gasteiger partial charge in [0.2, 0.25) is 0 Å². The van der Waals surface area contributed by atoms with Gasteiger partial charge in [0.15, 0.2) is 0 Å². The molecule has 1 unspecified atom stereocenters. The quantitative estimate of drug-likeness (QED) is 0.873. The van der Waals surface area contributed by atoms with E-state index in [2.05, 4.69) is 25.2 Å². The summed E-state index contributed by atoms with van der Waals surface area (Å²) in [4.78, 5) is 3.91. The second-order valence-electron chi connectivity index (χ2n) is 3.74. The molecule has 0 radical (unpaired) electrons. The van der Waals surface area contributed by atoms with Gasteiger partial charge in [-0.1, -0.05) is 11.6 Å². The molecule has 2 aromatic rings. The van der Waals surface area contributed by atoms with Gasteiger partial charge in [0.25, 0.3) is 0 Å². The summed E-state index contributed by atoms with van der Waals surface area (Å²) in [5.74, 6) is 0. The summed E-state index contributed by atoms with van der Waals surface area (Å²) in [5.41, 5.74) is 1.35. The molecule has 2 rings (SSSR count). The second kappa shape index (κ2) is 4.88. The average molecular weight is 272 g/mol. The predicted molar refractivity (Wildman–Crippen MR) is 74.0 cm³/mol. The van der Waals surface area contributed by atoms with E-state index in [0.717, 1.165) is 5.02 Å². The molecule has 4 heteroatoms. The van der Waals surface area contributed by atoms with Gasteiger partial charge in [0.1, 0.15) is 0 Å². The van der Waals surface area contributed by atoms with Crippen LogP contribution in [0.2, 0.25) is 5.02 Å². The smallest absolute Gasteiger partial charge is 0.0777 e. The van der Waals surface area contributed by atoms with Gasteiger partial charge in [-0.3, -0.25) is 0 Å². The summed E-state index contributed by atoms with van der Waals surface area (Å²) in [6.45, 7) is 4.31. The molecule has 0 saturated heterocycles. The fourth-order valence-electron chi connectivity index (χ4n) is 1.66. The van der Waals surface area contributed by atoms with Crippen LogP contribution >= 0.6 is 34.3 Å². The number of halogens is 1. The van der Waals surface area contributed by atoms with E-state index in [1.54, 1.807) is 11.3 Å². The molecule has 0 bridgehead atoms. The monoisotopic (exact) mass is 271 g/mol. The van der Waals surface area contributed by atoms with Gasteiger partial charge < -0.3 is 5.32 Å². The van der Waals surface area contributed by atoms with Crippen LogP contribution in [0.5, 0.6) is 0 Å². The Hall–Kier alpha value is -0.350. The Labute approximate surface area is 109 Å². The summed E-state index contributed by atoms with van der Waals surface area (Å²) in [6, 6.07) is 4.43. The van der Waals surface area contributed by atoms with Crippen molar-refractivity contribution >= 4 is 34.3 Å². The van der Waals surface area contributed by atoms with Crippen molar-refractivity contribution in [3.05, 3.63) is 42.7 Å². The van der Waals surface area contributed by atoms with E-state index < -0.39 is 0 Å². The Kier molecular flexibility index (Phi) is 3.70. The molecule has 0 aliphatic heterocycles. The van der Waals surface area contributed by atoms with Crippen LogP contribution in [-0.2, 0) is 0 Å². The first-order valence-corrected chi connectivity index (χ1v) is 7.18. The molecule has 2 aromatic heterocycles. The molecule has 1 N–H and O–H groups in total. The van der Waals surface area contributed by atoms with Crippen LogP contribution in [0.4, 0.5) is 0 Å². The minimum absolute atomic E-state index is 0.227. The molecule has 0 saturated carbocycles. The summed E-state index contributed by atoms with van der Waals surface area (Å²) >= 11 is 9.73. The summed E-state index contributed by atoms with van der Waals surface area (Å²) < 4.78 is 0. The van der Waals surface area contributed by atoms with Crippen LogP contribution in [0.3, 0.4) is 0 Å². The number of aryl methyl sites for hydroxylation is 2. The van der Waals surface area contributed by atoms with Crippen LogP contribution in [0.15, 0.2) is 17.5 Å². The maximum absolute atomic E-state index is 6.18. The number of thiophene rings is 2. The van der Waals surface area contributed by atoms with Gasteiger partial charge in [0, 0.05) is 14.6 Å². The van der Waals surface area contributed by atoms with Crippen LogP contribution in [-0.4, -0.2) is 7.05 Å². The molecule has 0 amide bonds. The first-order valence-electron chi connectivity index (χ1n) is 5.10. The van der Waals surface area contributed by atoms with Crippen molar-refractivity contribution in [1.82, 2.24) is 5.32 Å². The largest absolute Gasteiger partial charge is 0.308 e. The van der Waals surface area contributed by atoms with Gasteiger partial charge in [-0.25, -0.2) is 0 Å². The number of rotatable bonds is 3. The Balaban J connectivity index is 2.40. The minimum atomic E-state index is 0.227. The molecule has 0 spiro atoms. The van der Waals surface area contributed by atoms with E-state index in [-0.39, 0.29) is 6.04 Å². The lowest BCUT2D eigenvalue weighted by molar-refractivity contribution is 0.716. The van der Waals surface area contributed by atoms with Crippen LogP contribution in [0, 0.1) is 13.8 Å². The van der Waals surface area contributed by atoms with Crippen molar-refractivity contribution in [3.8, 4) is 0 Å². The fourth-order valence-corrected chi connectivity index (χ4v) is 4.19. The molecular weight excluding hydrogens is 258 g/mol. The highest BCUT2D eigenvalue weighted by atomic mass is 35.5. The van der Waals surface area contributed by atoms with Gasteiger partial charge in [0.05, 0.1) is 11.1 Å². The van der Waals surface area contributed by atoms with E-state index >= 15 is 0 Å². The number of hydrogen-bond acceptors (Lipinski definition) is 3. The Morgan fingerprint density at radius 2 is 2.12 bits per heavy atom. The predicted octanol–water partition coefficient (Wildman–Crippen LogP) is 4.39. The minimum Gasteiger partial charge on any atom is -0.308 e. The Morgan fingerprint density at radius 1 is 1.38 bits per heavy atom. The highest BCUT2D eigenvalue weighted by Gasteiger charge is 2.18. The summed E-state index contributed by atoms with van der Waals surface area (Å²) in [6.07, 6.45) is 0. The molecule has 0 fully saturated rings. The second-order valence-corrected chi connectivity index (χ2v) is 6.39. The standard InChI is InChI=1S/C12H14ClNS2/c1-7-6-10(16-8(7)2)11(14-3)12-9(13)4-5-15-12/h4-6,11,14H,1-3H3. The first-order chi connectivity index (χ1) is 7.63. The normalized spacial score (nSPS) is 13.0. The van der Waals surface area contributed by atoms with Gasteiger partial charge in [-0.15, -0.1) is 22.7 Å². The van der Waals surface area contributed by atoms with E-state index in [1.165, 1.54) is 20.2 Å². The number of hydrogen-bond donors (Lipinski definition) is 1. The zero-order valence-corrected chi connectivity index (χ0v) is 11.9. The number of nitrogens with one attached hydrogen (secondary N) is 1. The molecule has 2 heterocycles. The van der Waals surface area contributed by atoms with Gasteiger partial charge >= 0.3 is 0 Å². The Bertz CT molecular complexity index is 467. The summed E-state index contributed by atoms with van der Waals surface area (Å²) in [7, 11) is 1.98. The third-order valence-electron chi connectivity index (χ3n) is 2.67. The van der Waals surface area contributed by atoms with Gasteiger partial charge in [-0.05, 0) is 44.0 Å². The lowest BCUT2D eigenvalue weighted by atomic mass is 10.2. The van der Waals surface area contributed by atoms with E-state index in [1.807, 2.05) is 29.8 Å². The molecule has 0 aromatic carbocycles. The molecule has 0 aliphatic carbocycles. The van der Waals surface area contributed by atoms with Gasteiger partial charge in [-0.2, -0.15) is 0 Å². The summed E-state index contributed by atoms with van der Waals surface area (Å²) in [5, 5.41) is 6.23. The van der Waals surface area contributed by atoms with E-state index in [4.69, 9.17) is 11.6 Å². The van der Waals surface area contributed by atoms with Crippen molar-refractivity contribution in [3.63, 3.8) is 0 Å². The maximum Gasteiger partial charge on any atom is 0.0777 e. The lowest BCUT2D eigenvalue weighted by Crippen LogP contribution is -2.15. The van der Waals surface area contributed by atoms with Crippen molar-refractivity contribution in [2.75, 3.05) is 7.05 Å². The highest BCUT2D eigenvalue weighted by Crippen LogP contribution is 2.36. The molecule has 16 heavy (non-hydrogen) atoms. The molecular formula is C12H14ClNS2. The van der Waals surface area contributed by atoms with Crippen molar-refractivity contribution in [2.45, 2.75) is 19.9 Å². The maximum atomic E-state index is 6.18.